The molecule has 2 aromatic rings. The maximum absolute atomic E-state index is 13.3. The van der Waals surface area contributed by atoms with Crippen molar-refractivity contribution in [3.63, 3.8) is 0 Å². The van der Waals surface area contributed by atoms with Crippen LogP contribution >= 0.6 is 0 Å². The number of ether oxygens (including phenoxy) is 2. The third kappa shape index (κ3) is 5.87. The highest BCUT2D eigenvalue weighted by Crippen LogP contribution is 2.33. The molecule has 0 saturated carbocycles. The summed E-state index contributed by atoms with van der Waals surface area (Å²) in [4.78, 5) is 12.6. The van der Waals surface area contributed by atoms with Gasteiger partial charge < -0.3 is 14.8 Å². The number of hydrogen-bond donors (Lipinski definition) is 1. The van der Waals surface area contributed by atoms with Crippen molar-refractivity contribution in [2.75, 3.05) is 31.6 Å². The van der Waals surface area contributed by atoms with Crippen molar-refractivity contribution in [1.82, 2.24) is 5.32 Å². The zero-order chi connectivity index (χ0) is 21.4. The molecule has 0 unspecified atom stereocenters. The molecule has 1 N–H and O–H groups in total. The van der Waals surface area contributed by atoms with Gasteiger partial charge in [-0.1, -0.05) is 32.0 Å². The van der Waals surface area contributed by atoms with Gasteiger partial charge in [-0.15, -0.1) is 0 Å². The Balaban J connectivity index is 2.39. The molecular formula is C21H28N2O5S. The summed E-state index contributed by atoms with van der Waals surface area (Å²) in [6, 6.07) is 12.8. The second-order valence-corrected chi connectivity index (χ2v) is 8.76. The van der Waals surface area contributed by atoms with Crippen LogP contribution in [-0.4, -0.2) is 41.6 Å². The smallest absolute Gasteiger partial charge is 0.264 e. The van der Waals surface area contributed by atoms with Crippen LogP contribution in [-0.2, 0) is 14.8 Å². The lowest BCUT2D eigenvalue weighted by atomic mass is 10.1. The van der Waals surface area contributed by atoms with E-state index in [4.69, 9.17) is 9.47 Å². The lowest BCUT2D eigenvalue weighted by Gasteiger charge is -2.25. The second kappa shape index (κ2) is 10.2. The Morgan fingerprint density at radius 2 is 1.69 bits per heavy atom. The Hall–Kier alpha value is -2.74. The first-order valence-corrected chi connectivity index (χ1v) is 10.8. The molecule has 0 saturated heterocycles. The highest BCUT2D eigenvalue weighted by Gasteiger charge is 2.27. The largest absolute Gasteiger partial charge is 0.493 e. The molecule has 0 aromatic heterocycles. The monoisotopic (exact) mass is 420 g/mol. The third-order valence-electron chi connectivity index (χ3n) is 4.32. The van der Waals surface area contributed by atoms with E-state index in [0.29, 0.717) is 29.6 Å². The molecule has 158 valence electrons. The first-order chi connectivity index (χ1) is 13.8. The molecule has 2 aromatic carbocycles. The number of carbonyl (C=O) groups excluding carboxylic acids is 1. The van der Waals surface area contributed by atoms with Crippen LogP contribution in [0.25, 0.3) is 0 Å². The predicted octanol–water partition coefficient (Wildman–Crippen LogP) is 3.06. The van der Waals surface area contributed by atoms with Gasteiger partial charge in [0.25, 0.3) is 10.0 Å². The van der Waals surface area contributed by atoms with E-state index >= 15 is 0 Å². The molecular weight excluding hydrogens is 392 g/mol. The molecule has 8 heteroatoms. The quantitative estimate of drug-likeness (QED) is 0.639. The van der Waals surface area contributed by atoms with Gasteiger partial charge in [0.1, 0.15) is 6.54 Å². The van der Waals surface area contributed by atoms with E-state index in [1.54, 1.807) is 36.4 Å². The first kappa shape index (κ1) is 22.5. The lowest BCUT2D eigenvalue weighted by molar-refractivity contribution is -0.119. The average Bonchev–Trinajstić information content (AvgIpc) is 2.71. The van der Waals surface area contributed by atoms with E-state index in [-0.39, 0.29) is 17.3 Å². The van der Waals surface area contributed by atoms with Gasteiger partial charge in [-0.3, -0.25) is 9.10 Å². The minimum atomic E-state index is -3.96. The minimum absolute atomic E-state index is 0.102. The Bertz CT molecular complexity index is 914. The molecule has 0 atom stereocenters. The van der Waals surface area contributed by atoms with Gasteiger partial charge in [0.2, 0.25) is 5.91 Å². The number of carbonyl (C=O) groups is 1. The molecule has 29 heavy (non-hydrogen) atoms. The maximum Gasteiger partial charge on any atom is 0.264 e. The number of rotatable bonds is 10. The summed E-state index contributed by atoms with van der Waals surface area (Å²) in [5, 5.41) is 2.79. The highest BCUT2D eigenvalue weighted by atomic mass is 32.2. The van der Waals surface area contributed by atoms with E-state index in [0.717, 1.165) is 10.7 Å². The third-order valence-corrected chi connectivity index (χ3v) is 6.11. The summed E-state index contributed by atoms with van der Waals surface area (Å²) in [6.07, 6.45) is 0.813. The molecule has 0 radical (unpaired) electrons. The van der Waals surface area contributed by atoms with Gasteiger partial charge in [-0.2, -0.15) is 0 Å². The van der Waals surface area contributed by atoms with Gasteiger partial charge >= 0.3 is 0 Å². The fourth-order valence-corrected chi connectivity index (χ4v) is 4.14. The summed E-state index contributed by atoms with van der Waals surface area (Å²) in [5.41, 5.74) is 0.311. The Morgan fingerprint density at radius 1 is 1.03 bits per heavy atom. The number of anilines is 1. The number of methoxy groups -OCH3 is 2. The van der Waals surface area contributed by atoms with E-state index < -0.39 is 10.0 Å². The van der Waals surface area contributed by atoms with Crippen molar-refractivity contribution >= 4 is 21.6 Å². The maximum atomic E-state index is 13.3. The van der Waals surface area contributed by atoms with E-state index in [1.165, 1.54) is 26.4 Å². The van der Waals surface area contributed by atoms with Crippen molar-refractivity contribution in [3.05, 3.63) is 48.5 Å². The zero-order valence-corrected chi connectivity index (χ0v) is 18.0. The van der Waals surface area contributed by atoms with E-state index in [9.17, 15) is 13.2 Å². The molecule has 0 fully saturated rings. The second-order valence-electron chi connectivity index (χ2n) is 6.90. The number of nitrogens with zero attached hydrogens (tertiary/aromatic N) is 1. The normalized spacial score (nSPS) is 11.2. The molecule has 0 aliphatic carbocycles. The molecule has 0 aliphatic heterocycles. The Labute approximate surface area is 172 Å². The van der Waals surface area contributed by atoms with Crippen molar-refractivity contribution in [2.45, 2.75) is 25.2 Å². The van der Waals surface area contributed by atoms with Crippen molar-refractivity contribution in [2.24, 2.45) is 5.92 Å². The van der Waals surface area contributed by atoms with Crippen molar-refractivity contribution in [3.8, 4) is 11.5 Å². The van der Waals surface area contributed by atoms with Gasteiger partial charge in [-0.25, -0.2) is 8.42 Å². The summed E-state index contributed by atoms with van der Waals surface area (Å²) >= 11 is 0. The van der Waals surface area contributed by atoms with Crippen LogP contribution < -0.4 is 19.1 Å². The minimum Gasteiger partial charge on any atom is -0.493 e. The SMILES string of the molecule is COc1ccc(N(CC(=O)NCCC(C)C)S(=O)(=O)c2ccccc2)cc1OC. The molecule has 0 spiro atoms. The van der Waals surface area contributed by atoms with Gasteiger partial charge in [0.05, 0.1) is 24.8 Å². The number of benzene rings is 2. The molecule has 0 heterocycles. The Kier molecular flexibility index (Phi) is 7.90. The first-order valence-electron chi connectivity index (χ1n) is 9.36. The van der Waals surface area contributed by atoms with Crippen LogP contribution in [0.1, 0.15) is 20.3 Å². The number of sulfonamides is 1. The molecule has 2 rings (SSSR count). The average molecular weight is 421 g/mol. The number of hydrogen-bond acceptors (Lipinski definition) is 5. The van der Waals surface area contributed by atoms with Gasteiger partial charge in [0, 0.05) is 12.6 Å². The summed E-state index contributed by atoms with van der Waals surface area (Å²) in [6.45, 7) is 4.26. The van der Waals surface area contributed by atoms with Gasteiger partial charge in [-0.05, 0) is 36.6 Å². The topological polar surface area (TPSA) is 84.9 Å². The fourth-order valence-electron chi connectivity index (χ4n) is 2.70. The number of nitrogens with one attached hydrogen (secondary N) is 1. The molecule has 0 bridgehead atoms. The Morgan fingerprint density at radius 3 is 2.28 bits per heavy atom. The highest BCUT2D eigenvalue weighted by molar-refractivity contribution is 7.92. The van der Waals surface area contributed by atoms with Crippen molar-refractivity contribution < 1.29 is 22.7 Å². The van der Waals surface area contributed by atoms with Gasteiger partial charge in [0.15, 0.2) is 11.5 Å². The number of amides is 1. The lowest BCUT2D eigenvalue weighted by Crippen LogP contribution is -2.41. The van der Waals surface area contributed by atoms with Crippen LogP contribution in [0.4, 0.5) is 5.69 Å². The summed E-state index contributed by atoms with van der Waals surface area (Å²) in [5.74, 6) is 0.901. The van der Waals surface area contributed by atoms with Crippen LogP contribution in [0, 0.1) is 5.92 Å². The molecule has 1 amide bonds. The zero-order valence-electron chi connectivity index (χ0n) is 17.2. The van der Waals surface area contributed by atoms with Crippen LogP contribution in [0.2, 0.25) is 0 Å². The predicted molar refractivity (Wildman–Crippen MR) is 113 cm³/mol. The van der Waals surface area contributed by atoms with Crippen LogP contribution in [0.3, 0.4) is 0 Å². The molecule has 7 nitrogen and oxygen atoms in total. The summed E-state index contributed by atoms with van der Waals surface area (Å²) < 4.78 is 38.2. The van der Waals surface area contributed by atoms with Crippen LogP contribution in [0.15, 0.2) is 53.4 Å². The fraction of sp³-hybridized carbons (Fsp3) is 0.381. The van der Waals surface area contributed by atoms with Crippen molar-refractivity contribution in [1.29, 1.82) is 0 Å². The molecule has 0 aliphatic rings. The van der Waals surface area contributed by atoms with E-state index in [1.807, 2.05) is 0 Å². The summed E-state index contributed by atoms with van der Waals surface area (Å²) in [7, 11) is -0.992. The van der Waals surface area contributed by atoms with Crippen LogP contribution in [0.5, 0.6) is 11.5 Å². The van der Waals surface area contributed by atoms with E-state index in [2.05, 4.69) is 19.2 Å². The standard InChI is InChI=1S/C21H28N2O5S/c1-16(2)12-13-22-21(24)15-23(29(25,26)18-8-6-5-7-9-18)17-10-11-19(27-3)20(14-17)28-4/h5-11,14,16H,12-13,15H2,1-4H3,(H,22,24).